The average molecular weight is 468 g/mol. The van der Waals surface area contributed by atoms with Gasteiger partial charge in [0.15, 0.2) is 0 Å². The molecular formula is C30H33N3O2. The highest BCUT2D eigenvalue weighted by Crippen LogP contribution is 2.31. The first kappa shape index (κ1) is 23.2. The van der Waals surface area contributed by atoms with Gasteiger partial charge in [-0.25, -0.2) is 4.98 Å². The lowest BCUT2D eigenvalue weighted by atomic mass is 10.1. The Kier molecular flexibility index (Phi) is 6.84. The van der Waals surface area contributed by atoms with E-state index in [1.165, 1.54) is 16.7 Å². The molecule has 5 rings (SSSR count). The van der Waals surface area contributed by atoms with Crippen LogP contribution < -0.4 is 4.74 Å². The topological polar surface area (TPSA) is 47.4 Å². The van der Waals surface area contributed by atoms with E-state index in [0.29, 0.717) is 26.1 Å². The lowest BCUT2D eigenvalue weighted by Crippen LogP contribution is -2.24. The van der Waals surface area contributed by atoms with Crippen LogP contribution in [-0.2, 0) is 17.9 Å². The molecule has 1 aliphatic rings. The van der Waals surface area contributed by atoms with Gasteiger partial charge in [-0.1, -0.05) is 48.5 Å². The molecular weight excluding hydrogens is 434 g/mol. The van der Waals surface area contributed by atoms with Crippen molar-refractivity contribution in [2.75, 3.05) is 13.2 Å². The molecule has 1 aliphatic heterocycles. The summed E-state index contributed by atoms with van der Waals surface area (Å²) in [6.45, 7) is 7.17. The number of unbranched alkanes of at least 4 members (excludes halogenated alkanes) is 1. The Balaban J connectivity index is 1.25. The molecule has 3 aromatic carbocycles. The molecule has 0 saturated carbocycles. The molecule has 35 heavy (non-hydrogen) atoms. The van der Waals surface area contributed by atoms with Crippen LogP contribution in [0.15, 0.2) is 72.8 Å². The number of hydrogen-bond acceptors (Lipinski definition) is 3. The Morgan fingerprint density at radius 3 is 2.57 bits per heavy atom. The summed E-state index contributed by atoms with van der Waals surface area (Å²) in [6, 6.07) is 24.8. The molecule has 0 aliphatic carbocycles. The van der Waals surface area contributed by atoms with Crippen LogP contribution in [0.1, 0.15) is 47.7 Å². The molecule has 0 N–H and O–H groups in total. The van der Waals surface area contributed by atoms with Gasteiger partial charge < -0.3 is 14.2 Å². The fraction of sp³-hybridized carbons (Fsp3) is 0.333. The molecule has 1 aromatic heterocycles. The summed E-state index contributed by atoms with van der Waals surface area (Å²) in [5.74, 6) is 2.29. The van der Waals surface area contributed by atoms with E-state index in [4.69, 9.17) is 9.72 Å². The molecule has 0 bridgehead atoms. The van der Waals surface area contributed by atoms with E-state index in [-0.39, 0.29) is 11.8 Å². The minimum atomic E-state index is 0.116. The van der Waals surface area contributed by atoms with Crippen molar-refractivity contribution in [2.45, 2.75) is 52.1 Å². The SMILES string of the molecule is Cc1ccc(OCCCCn2c([C@H]3CC(=O)N(Cc4ccccc4)C3)nc3ccccc32)cc1C. The fourth-order valence-corrected chi connectivity index (χ4v) is 4.91. The van der Waals surface area contributed by atoms with Gasteiger partial charge in [0.25, 0.3) is 0 Å². The first-order valence-corrected chi connectivity index (χ1v) is 12.6. The Bertz CT molecular complexity index is 1310. The molecule has 0 radical (unpaired) electrons. The minimum Gasteiger partial charge on any atom is -0.494 e. The van der Waals surface area contributed by atoms with Gasteiger partial charge in [-0.05, 0) is 67.6 Å². The molecule has 1 amide bonds. The predicted octanol–water partition coefficient (Wildman–Crippen LogP) is 6.03. The van der Waals surface area contributed by atoms with E-state index in [0.717, 1.165) is 42.0 Å². The second-order valence-electron chi connectivity index (χ2n) is 9.57. The number of fused-ring (bicyclic) bond motifs is 1. The maximum Gasteiger partial charge on any atom is 0.223 e. The number of benzene rings is 3. The lowest BCUT2D eigenvalue weighted by Gasteiger charge is -2.17. The summed E-state index contributed by atoms with van der Waals surface area (Å²) < 4.78 is 8.32. The zero-order valence-electron chi connectivity index (χ0n) is 20.6. The Morgan fingerprint density at radius 2 is 1.74 bits per heavy atom. The standard InChI is InChI=1S/C30H33N3O2/c1-22-14-15-26(18-23(22)2)35-17-9-8-16-33-28-13-7-6-12-27(28)31-30(33)25-19-29(34)32(21-25)20-24-10-4-3-5-11-24/h3-7,10-15,18,25H,8-9,16-17,19-21H2,1-2H3/t25-/m0/s1. The summed E-state index contributed by atoms with van der Waals surface area (Å²) >= 11 is 0. The Labute approximate surface area is 207 Å². The van der Waals surface area contributed by atoms with Crippen molar-refractivity contribution in [3.63, 3.8) is 0 Å². The maximum atomic E-state index is 12.8. The van der Waals surface area contributed by atoms with Crippen molar-refractivity contribution in [2.24, 2.45) is 0 Å². The second kappa shape index (κ2) is 10.3. The van der Waals surface area contributed by atoms with E-state index in [9.17, 15) is 4.79 Å². The van der Waals surface area contributed by atoms with Gasteiger partial charge in [0, 0.05) is 32.0 Å². The first-order valence-electron chi connectivity index (χ1n) is 12.6. The van der Waals surface area contributed by atoms with Gasteiger partial charge >= 0.3 is 0 Å². The van der Waals surface area contributed by atoms with Crippen molar-refractivity contribution < 1.29 is 9.53 Å². The minimum absolute atomic E-state index is 0.116. The van der Waals surface area contributed by atoms with Crippen LogP contribution in [0.25, 0.3) is 11.0 Å². The number of para-hydroxylation sites is 2. The van der Waals surface area contributed by atoms with Crippen molar-refractivity contribution in [1.29, 1.82) is 0 Å². The number of aromatic nitrogens is 2. The molecule has 5 heteroatoms. The molecule has 1 atom stereocenters. The molecule has 2 heterocycles. The third-order valence-corrected chi connectivity index (χ3v) is 7.00. The number of carbonyl (C=O) groups excluding carboxylic acids is 1. The summed E-state index contributed by atoms with van der Waals surface area (Å²) in [5, 5.41) is 0. The Hall–Kier alpha value is -3.60. The highest BCUT2D eigenvalue weighted by Gasteiger charge is 2.33. The molecule has 0 unspecified atom stereocenters. The highest BCUT2D eigenvalue weighted by atomic mass is 16.5. The van der Waals surface area contributed by atoms with Gasteiger partial charge in [0.05, 0.1) is 17.6 Å². The maximum absolute atomic E-state index is 12.8. The van der Waals surface area contributed by atoms with Crippen molar-refractivity contribution in [1.82, 2.24) is 14.5 Å². The number of amides is 1. The van der Waals surface area contributed by atoms with Gasteiger partial charge in [-0.15, -0.1) is 0 Å². The number of carbonyl (C=O) groups is 1. The highest BCUT2D eigenvalue weighted by molar-refractivity contribution is 5.81. The summed E-state index contributed by atoms with van der Waals surface area (Å²) in [5.41, 5.74) is 5.85. The largest absolute Gasteiger partial charge is 0.494 e. The van der Waals surface area contributed by atoms with E-state index in [2.05, 4.69) is 60.9 Å². The number of rotatable bonds is 9. The van der Waals surface area contributed by atoms with Crippen LogP contribution >= 0.6 is 0 Å². The van der Waals surface area contributed by atoms with E-state index < -0.39 is 0 Å². The zero-order chi connectivity index (χ0) is 24.2. The monoisotopic (exact) mass is 467 g/mol. The van der Waals surface area contributed by atoms with Crippen molar-refractivity contribution >= 4 is 16.9 Å². The van der Waals surface area contributed by atoms with Crippen molar-refractivity contribution in [3.8, 4) is 5.75 Å². The Morgan fingerprint density at radius 1 is 0.943 bits per heavy atom. The van der Waals surface area contributed by atoms with E-state index >= 15 is 0 Å². The molecule has 1 fully saturated rings. The van der Waals surface area contributed by atoms with Crippen LogP contribution in [-0.4, -0.2) is 33.5 Å². The predicted molar refractivity (Wildman–Crippen MR) is 140 cm³/mol. The summed E-state index contributed by atoms with van der Waals surface area (Å²) in [6.07, 6.45) is 2.47. The fourth-order valence-electron chi connectivity index (χ4n) is 4.91. The number of nitrogens with zero attached hydrogens (tertiary/aromatic N) is 3. The van der Waals surface area contributed by atoms with Gasteiger partial charge in [0.1, 0.15) is 11.6 Å². The third-order valence-electron chi connectivity index (χ3n) is 7.00. The average Bonchev–Trinajstić information content (AvgIpc) is 3.42. The van der Waals surface area contributed by atoms with Crippen LogP contribution in [0, 0.1) is 13.8 Å². The van der Waals surface area contributed by atoms with Gasteiger partial charge in [-0.3, -0.25) is 4.79 Å². The number of aryl methyl sites for hydroxylation is 3. The van der Waals surface area contributed by atoms with Gasteiger partial charge in [0.2, 0.25) is 5.91 Å². The number of hydrogen-bond donors (Lipinski definition) is 0. The van der Waals surface area contributed by atoms with E-state index in [1.807, 2.05) is 35.2 Å². The van der Waals surface area contributed by atoms with Crippen molar-refractivity contribution in [3.05, 3.63) is 95.3 Å². The number of ether oxygens (including phenoxy) is 1. The number of imidazole rings is 1. The molecule has 180 valence electrons. The molecule has 4 aromatic rings. The van der Waals surface area contributed by atoms with Crippen LogP contribution in [0.5, 0.6) is 5.75 Å². The van der Waals surface area contributed by atoms with Gasteiger partial charge in [-0.2, -0.15) is 0 Å². The van der Waals surface area contributed by atoms with Crippen LogP contribution in [0.3, 0.4) is 0 Å². The van der Waals surface area contributed by atoms with E-state index in [1.54, 1.807) is 0 Å². The third kappa shape index (κ3) is 5.24. The lowest BCUT2D eigenvalue weighted by molar-refractivity contribution is -0.128. The number of likely N-dealkylation sites (tertiary alicyclic amines) is 1. The quantitative estimate of drug-likeness (QED) is 0.283. The first-order chi connectivity index (χ1) is 17.1. The summed E-state index contributed by atoms with van der Waals surface area (Å²) in [4.78, 5) is 19.8. The van der Waals surface area contributed by atoms with Crippen LogP contribution in [0.4, 0.5) is 0 Å². The normalized spacial score (nSPS) is 15.8. The smallest absolute Gasteiger partial charge is 0.223 e. The molecule has 0 spiro atoms. The summed E-state index contributed by atoms with van der Waals surface area (Å²) in [7, 11) is 0. The second-order valence-corrected chi connectivity index (χ2v) is 9.57. The molecule has 5 nitrogen and oxygen atoms in total. The molecule has 1 saturated heterocycles. The van der Waals surface area contributed by atoms with Crippen LogP contribution in [0.2, 0.25) is 0 Å². The zero-order valence-corrected chi connectivity index (χ0v) is 20.6.